The summed E-state index contributed by atoms with van der Waals surface area (Å²) < 4.78 is 5.14. The Morgan fingerprint density at radius 3 is 2.38 bits per heavy atom. The Balaban J connectivity index is 2.01. The number of amides is 2. The van der Waals surface area contributed by atoms with Gasteiger partial charge in [0.2, 0.25) is 11.8 Å². The lowest BCUT2D eigenvalue weighted by Crippen LogP contribution is -2.22. The van der Waals surface area contributed by atoms with E-state index in [2.05, 4.69) is 10.6 Å². The standard InChI is InChI=1S/C17H16Cl2N2O3/c1-10-12(19)4-3-5-13(10)20-16(22)9-17(23)21-14-8-11(18)6-7-15(14)24-2/h3-8H,9H2,1-2H3,(H,20,22)(H,21,23). The van der Waals surface area contributed by atoms with Crippen LogP contribution in [0, 0.1) is 6.92 Å². The van der Waals surface area contributed by atoms with E-state index in [9.17, 15) is 9.59 Å². The number of carbonyl (C=O) groups is 2. The second-order valence-electron chi connectivity index (χ2n) is 5.03. The van der Waals surface area contributed by atoms with Crippen molar-refractivity contribution in [3.8, 4) is 5.75 Å². The van der Waals surface area contributed by atoms with Crippen LogP contribution in [-0.2, 0) is 9.59 Å². The third-order valence-corrected chi connectivity index (χ3v) is 3.94. The zero-order chi connectivity index (χ0) is 17.7. The number of benzene rings is 2. The van der Waals surface area contributed by atoms with Gasteiger partial charge in [-0.3, -0.25) is 9.59 Å². The van der Waals surface area contributed by atoms with Crippen molar-refractivity contribution < 1.29 is 14.3 Å². The van der Waals surface area contributed by atoms with Crippen LogP contribution in [0.3, 0.4) is 0 Å². The molecule has 0 aliphatic carbocycles. The quantitative estimate of drug-likeness (QED) is 0.776. The maximum Gasteiger partial charge on any atom is 0.233 e. The molecule has 0 saturated carbocycles. The van der Waals surface area contributed by atoms with Crippen molar-refractivity contribution in [2.45, 2.75) is 13.3 Å². The monoisotopic (exact) mass is 366 g/mol. The smallest absolute Gasteiger partial charge is 0.233 e. The van der Waals surface area contributed by atoms with Crippen molar-refractivity contribution in [1.82, 2.24) is 0 Å². The minimum atomic E-state index is -0.479. The maximum absolute atomic E-state index is 12.0. The first-order valence-electron chi connectivity index (χ1n) is 7.09. The average molecular weight is 367 g/mol. The maximum atomic E-state index is 12.0. The molecule has 0 atom stereocenters. The first kappa shape index (κ1) is 18.1. The molecule has 0 aromatic heterocycles. The fourth-order valence-corrected chi connectivity index (χ4v) is 2.40. The molecule has 0 aliphatic heterocycles. The van der Waals surface area contributed by atoms with Crippen LogP contribution in [0.5, 0.6) is 5.75 Å². The molecule has 0 bridgehead atoms. The van der Waals surface area contributed by atoms with Gasteiger partial charge in [-0.2, -0.15) is 0 Å². The van der Waals surface area contributed by atoms with Gasteiger partial charge in [-0.25, -0.2) is 0 Å². The molecule has 2 aromatic carbocycles. The molecule has 2 amide bonds. The lowest BCUT2D eigenvalue weighted by molar-refractivity contribution is -0.123. The molecule has 2 rings (SSSR count). The van der Waals surface area contributed by atoms with Crippen LogP contribution in [0.15, 0.2) is 36.4 Å². The number of hydrogen-bond acceptors (Lipinski definition) is 3. The summed E-state index contributed by atoms with van der Waals surface area (Å²) in [5.74, 6) is -0.467. The second-order valence-corrected chi connectivity index (χ2v) is 5.87. The first-order valence-corrected chi connectivity index (χ1v) is 7.84. The fraction of sp³-hybridized carbons (Fsp3) is 0.176. The largest absolute Gasteiger partial charge is 0.495 e. The van der Waals surface area contributed by atoms with Gasteiger partial charge < -0.3 is 15.4 Å². The molecular formula is C17H16Cl2N2O3. The van der Waals surface area contributed by atoms with E-state index in [0.717, 1.165) is 5.56 Å². The van der Waals surface area contributed by atoms with Crippen molar-refractivity contribution in [2.75, 3.05) is 17.7 Å². The van der Waals surface area contributed by atoms with E-state index in [1.807, 2.05) is 0 Å². The number of nitrogens with one attached hydrogen (secondary N) is 2. The van der Waals surface area contributed by atoms with Crippen molar-refractivity contribution in [2.24, 2.45) is 0 Å². The van der Waals surface area contributed by atoms with Crippen LogP contribution in [0.1, 0.15) is 12.0 Å². The zero-order valence-electron chi connectivity index (χ0n) is 13.2. The Kier molecular flexibility index (Phi) is 6.06. The summed E-state index contributed by atoms with van der Waals surface area (Å²) in [5.41, 5.74) is 1.71. The van der Waals surface area contributed by atoms with Crippen LogP contribution < -0.4 is 15.4 Å². The van der Waals surface area contributed by atoms with E-state index in [-0.39, 0.29) is 6.42 Å². The normalized spacial score (nSPS) is 10.2. The van der Waals surface area contributed by atoms with Crippen molar-refractivity contribution in [1.29, 1.82) is 0 Å². The average Bonchev–Trinajstić information content (AvgIpc) is 2.52. The van der Waals surface area contributed by atoms with E-state index >= 15 is 0 Å². The summed E-state index contributed by atoms with van der Waals surface area (Å²) >= 11 is 11.9. The molecule has 7 heteroatoms. The van der Waals surface area contributed by atoms with Crippen LogP contribution in [0.4, 0.5) is 11.4 Å². The molecule has 0 spiro atoms. The predicted molar refractivity (Wildman–Crippen MR) is 96.1 cm³/mol. The van der Waals surface area contributed by atoms with E-state index in [1.54, 1.807) is 43.3 Å². The van der Waals surface area contributed by atoms with Crippen molar-refractivity contribution in [3.05, 3.63) is 52.0 Å². The summed E-state index contributed by atoms with van der Waals surface area (Å²) in [7, 11) is 1.48. The van der Waals surface area contributed by atoms with Crippen molar-refractivity contribution in [3.63, 3.8) is 0 Å². The molecule has 0 saturated heterocycles. The molecule has 0 aliphatic rings. The molecule has 0 heterocycles. The topological polar surface area (TPSA) is 67.4 Å². The third kappa shape index (κ3) is 4.63. The number of halogens is 2. The molecule has 2 N–H and O–H groups in total. The Morgan fingerprint density at radius 2 is 1.71 bits per heavy atom. The van der Waals surface area contributed by atoms with Gasteiger partial charge in [0.15, 0.2) is 0 Å². The molecule has 126 valence electrons. The molecule has 0 fully saturated rings. The number of methoxy groups -OCH3 is 1. The summed E-state index contributed by atoms with van der Waals surface area (Å²) in [6.45, 7) is 1.79. The Bertz CT molecular complexity index is 778. The lowest BCUT2D eigenvalue weighted by atomic mass is 10.2. The molecule has 0 unspecified atom stereocenters. The van der Waals surface area contributed by atoms with Crippen LogP contribution in [-0.4, -0.2) is 18.9 Å². The van der Waals surface area contributed by atoms with Crippen LogP contribution >= 0.6 is 23.2 Å². The van der Waals surface area contributed by atoms with Gasteiger partial charge in [-0.05, 0) is 42.8 Å². The van der Waals surface area contributed by atoms with Gasteiger partial charge in [0.05, 0.1) is 12.8 Å². The Labute approximate surface area is 149 Å². The second kappa shape index (κ2) is 8.04. The number of ether oxygens (including phenoxy) is 1. The third-order valence-electron chi connectivity index (χ3n) is 3.30. The highest BCUT2D eigenvalue weighted by molar-refractivity contribution is 6.32. The summed E-state index contributed by atoms with van der Waals surface area (Å²) in [5, 5.41) is 6.27. The van der Waals surface area contributed by atoms with E-state index in [1.165, 1.54) is 7.11 Å². The summed E-state index contributed by atoms with van der Waals surface area (Å²) in [6.07, 6.45) is -0.346. The molecule has 5 nitrogen and oxygen atoms in total. The van der Waals surface area contributed by atoms with Gasteiger partial charge in [0.1, 0.15) is 12.2 Å². The van der Waals surface area contributed by atoms with Crippen LogP contribution in [0.25, 0.3) is 0 Å². The SMILES string of the molecule is COc1ccc(Cl)cc1NC(=O)CC(=O)Nc1cccc(Cl)c1C. The van der Waals surface area contributed by atoms with Gasteiger partial charge in [0, 0.05) is 15.7 Å². The minimum absolute atomic E-state index is 0.346. The van der Waals surface area contributed by atoms with E-state index < -0.39 is 11.8 Å². The first-order chi connectivity index (χ1) is 11.4. The summed E-state index contributed by atoms with van der Waals surface area (Å²) in [4.78, 5) is 24.1. The molecule has 24 heavy (non-hydrogen) atoms. The zero-order valence-corrected chi connectivity index (χ0v) is 14.7. The van der Waals surface area contributed by atoms with Gasteiger partial charge >= 0.3 is 0 Å². The van der Waals surface area contributed by atoms with Gasteiger partial charge in [0.25, 0.3) is 0 Å². The lowest BCUT2D eigenvalue weighted by Gasteiger charge is -2.11. The Hall–Kier alpha value is -2.24. The number of anilines is 2. The van der Waals surface area contributed by atoms with E-state index in [0.29, 0.717) is 27.2 Å². The minimum Gasteiger partial charge on any atom is -0.495 e. The highest BCUT2D eigenvalue weighted by Gasteiger charge is 2.14. The van der Waals surface area contributed by atoms with Gasteiger partial charge in [-0.1, -0.05) is 29.3 Å². The molecule has 0 radical (unpaired) electrons. The molecular weight excluding hydrogens is 351 g/mol. The number of carbonyl (C=O) groups excluding carboxylic acids is 2. The highest BCUT2D eigenvalue weighted by atomic mass is 35.5. The predicted octanol–water partition coefficient (Wildman–Crippen LogP) is 4.28. The number of hydrogen-bond donors (Lipinski definition) is 2. The molecule has 2 aromatic rings. The number of rotatable bonds is 5. The van der Waals surface area contributed by atoms with Crippen LogP contribution in [0.2, 0.25) is 10.0 Å². The van der Waals surface area contributed by atoms with Gasteiger partial charge in [-0.15, -0.1) is 0 Å². The summed E-state index contributed by atoms with van der Waals surface area (Å²) in [6, 6.07) is 10.00. The Morgan fingerprint density at radius 1 is 1.04 bits per heavy atom. The van der Waals surface area contributed by atoms with E-state index in [4.69, 9.17) is 27.9 Å². The fourth-order valence-electron chi connectivity index (χ4n) is 2.06. The van der Waals surface area contributed by atoms with Crippen molar-refractivity contribution >= 4 is 46.4 Å². The highest BCUT2D eigenvalue weighted by Crippen LogP contribution is 2.28.